The smallest absolute Gasteiger partial charge is 0.312 e. The van der Waals surface area contributed by atoms with Crippen LogP contribution in [0.4, 0.5) is 0 Å². The number of carbonyl (C=O) groups excluding carboxylic acids is 1. The molecule has 2 atom stereocenters. The average molecular weight is 230 g/mol. The molecule has 0 radical (unpaired) electrons. The second-order valence-corrected chi connectivity index (χ2v) is 5.43. The third kappa shape index (κ3) is 4.52. The van der Waals surface area contributed by atoms with Crippen LogP contribution in [0.3, 0.4) is 0 Å². The van der Waals surface area contributed by atoms with E-state index in [-0.39, 0.29) is 11.9 Å². The summed E-state index contributed by atoms with van der Waals surface area (Å²) in [6.45, 7) is 11.8. The Morgan fingerprint density at radius 3 is 2.12 bits per heavy atom. The zero-order chi connectivity index (χ0) is 12.9. The first-order chi connectivity index (χ1) is 7.22. The van der Waals surface area contributed by atoms with Gasteiger partial charge in [0.05, 0.1) is 18.1 Å². The number of carbonyl (C=O) groups is 1. The standard InChI is InChI=1S/C13H26O3/c1-7-16-12(14)11(10(4)5)13(6,15)8-9(2)3/h9-11,15H,7-8H2,1-6H3. The van der Waals surface area contributed by atoms with Crippen molar-refractivity contribution < 1.29 is 14.6 Å². The summed E-state index contributed by atoms with van der Waals surface area (Å²) in [6.07, 6.45) is 0.606. The molecule has 0 saturated heterocycles. The summed E-state index contributed by atoms with van der Waals surface area (Å²) in [5, 5.41) is 10.4. The van der Waals surface area contributed by atoms with E-state index in [9.17, 15) is 9.90 Å². The molecule has 0 heterocycles. The molecule has 0 spiro atoms. The number of ether oxygens (including phenoxy) is 1. The minimum atomic E-state index is -0.991. The molecular formula is C13H26O3. The van der Waals surface area contributed by atoms with Gasteiger partial charge in [-0.1, -0.05) is 27.7 Å². The Hall–Kier alpha value is -0.570. The Balaban J connectivity index is 4.82. The van der Waals surface area contributed by atoms with Crippen LogP contribution in [0.15, 0.2) is 0 Å². The Kier molecular flexibility index (Phi) is 6.01. The maximum Gasteiger partial charge on any atom is 0.312 e. The van der Waals surface area contributed by atoms with E-state index in [4.69, 9.17) is 4.74 Å². The highest BCUT2D eigenvalue weighted by molar-refractivity contribution is 5.74. The molecule has 0 aliphatic rings. The SMILES string of the molecule is CCOC(=O)C(C(C)C)C(C)(O)CC(C)C. The van der Waals surface area contributed by atoms with E-state index in [1.807, 2.05) is 27.7 Å². The van der Waals surface area contributed by atoms with Gasteiger partial charge in [0.25, 0.3) is 0 Å². The van der Waals surface area contributed by atoms with Crippen molar-refractivity contribution >= 4 is 5.97 Å². The van der Waals surface area contributed by atoms with Crippen LogP contribution in [0.2, 0.25) is 0 Å². The van der Waals surface area contributed by atoms with Gasteiger partial charge in [-0.15, -0.1) is 0 Å². The predicted molar refractivity (Wildman–Crippen MR) is 65.0 cm³/mol. The first-order valence-electron chi connectivity index (χ1n) is 6.11. The summed E-state index contributed by atoms with van der Waals surface area (Å²) in [7, 11) is 0. The fourth-order valence-corrected chi connectivity index (χ4v) is 2.43. The first kappa shape index (κ1) is 15.4. The molecule has 3 nitrogen and oxygen atoms in total. The van der Waals surface area contributed by atoms with E-state index in [0.717, 1.165) is 0 Å². The van der Waals surface area contributed by atoms with Crippen molar-refractivity contribution in [2.75, 3.05) is 6.61 Å². The Bertz CT molecular complexity index is 219. The average Bonchev–Trinajstić information content (AvgIpc) is 1.99. The van der Waals surface area contributed by atoms with Crippen LogP contribution in [0.1, 0.15) is 48.0 Å². The highest BCUT2D eigenvalue weighted by Crippen LogP contribution is 2.31. The van der Waals surface area contributed by atoms with Gasteiger partial charge in [0, 0.05) is 0 Å². The lowest BCUT2D eigenvalue weighted by molar-refractivity contribution is -0.161. The third-order valence-corrected chi connectivity index (χ3v) is 2.70. The number of hydrogen-bond acceptors (Lipinski definition) is 3. The van der Waals surface area contributed by atoms with E-state index in [1.54, 1.807) is 13.8 Å². The van der Waals surface area contributed by atoms with Crippen molar-refractivity contribution in [3.05, 3.63) is 0 Å². The number of rotatable bonds is 6. The van der Waals surface area contributed by atoms with Crippen LogP contribution in [-0.2, 0) is 9.53 Å². The molecule has 2 unspecified atom stereocenters. The van der Waals surface area contributed by atoms with Crippen LogP contribution in [0.25, 0.3) is 0 Å². The molecule has 0 aromatic rings. The van der Waals surface area contributed by atoms with E-state index < -0.39 is 11.5 Å². The third-order valence-electron chi connectivity index (χ3n) is 2.70. The predicted octanol–water partition coefficient (Wildman–Crippen LogP) is 2.62. The summed E-state index contributed by atoms with van der Waals surface area (Å²) < 4.78 is 5.03. The molecule has 0 aliphatic carbocycles. The van der Waals surface area contributed by atoms with Crippen LogP contribution in [0.5, 0.6) is 0 Å². The lowest BCUT2D eigenvalue weighted by Crippen LogP contribution is -2.44. The van der Waals surface area contributed by atoms with Gasteiger partial charge in [-0.3, -0.25) is 4.79 Å². The zero-order valence-electron chi connectivity index (χ0n) is 11.4. The number of esters is 1. The summed E-state index contributed by atoms with van der Waals surface area (Å²) >= 11 is 0. The molecule has 3 heteroatoms. The molecule has 96 valence electrons. The van der Waals surface area contributed by atoms with Crippen molar-refractivity contribution in [1.82, 2.24) is 0 Å². The molecular weight excluding hydrogens is 204 g/mol. The highest BCUT2D eigenvalue weighted by Gasteiger charge is 2.40. The van der Waals surface area contributed by atoms with Gasteiger partial charge in [-0.05, 0) is 32.1 Å². The minimum Gasteiger partial charge on any atom is -0.466 e. The maximum absolute atomic E-state index is 11.8. The molecule has 0 bridgehead atoms. The molecule has 1 N–H and O–H groups in total. The van der Waals surface area contributed by atoms with Gasteiger partial charge in [0.15, 0.2) is 0 Å². The topological polar surface area (TPSA) is 46.5 Å². The van der Waals surface area contributed by atoms with E-state index in [1.165, 1.54) is 0 Å². The van der Waals surface area contributed by atoms with Crippen LogP contribution >= 0.6 is 0 Å². The molecule has 0 saturated carbocycles. The van der Waals surface area contributed by atoms with Gasteiger partial charge in [-0.2, -0.15) is 0 Å². The molecule has 0 rings (SSSR count). The largest absolute Gasteiger partial charge is 0.466 e. The second kappa shape index (κ2) is 6.24. The van der Waals surface area contributed by atoms with Crippen molar-refractivity contribution in [3.8, 4) is 0 Å². The van der Waals surface area contributed by atoms with E-state index in [2.05, 4.69) is 0 Å². The molecule has 0 fully saturated rings. The summed E-state index contributed by atoms with van der Waals surface area (Å²) in [4.78, 5) is 11.8. The Labute approximate surface area is 99.2 Å². The molecule has 0 aliphatic heterocycles. The maximum atomic E-state index is 11.8. The van der Waals surface area contributed by atoms with Crippen LogP contribution < -0.4 is 0 Å². The van der Waals surface area contributed by atoms with Crippen LogP contribution in [-0.4, -0.2) is 23.3 Å². The van der Waals surface area contributed by atoms with Crippen molar-refractivity contribution in [1.29, 1.82) is 0 Å². The molecule has 16 heavy (non-hydrogen) atoms. The quantitative estimate of drug-likeness (QED) is 0.713. The van der Waals surface area contributed by atoms with Crippen molar-refractivity contribution in [2.45, 2.75) is 53.6 Å². The lowest BCUT2D eigenvalue weighted by Gasteiger charge is -2.35. The zero-order valence-corrected chi connectivity index (χ0v) is 11.4. The lowest BCUT2D eigenvalue weighted by atomic mass is 9.76. The minimum absolute atomic E-state index is 0.0767. The van der Waals surface area contributed by atoms with Gasteiger partial charge in [0.2, 0.25) is 0 Å². The fourth-order valence-electron chi connectivity index (χ4n) is 2.43. The summed E-state index contributed by atoms with van der Waals surface area (Å²) in [5.74, 6) is -0.309. The van der Waals surface area contributed by atoms with Crippen LogP contribution in [0, 0.1) is 17.8 Å². The molecule has 0 aromatic heterocycles. The first-order valence-corrected chi connectivity index (χ1v) is 6.11. The summed E-state index contributed by atoms with van der Waals surface area (Å²) in [5.41, 5.74) is -0.991. The monoisotopic (exact) mass is 230 g/mol. The molecule has 0 aromatic carbocycles. The van der Waals surface area contributed by atoms with Gasteiger partial charge >= 0.3 is 5.97 Å². The van der Waals surface area contributed by atoms with Gasteiger partial charge in [0.1, 0.15) is 0 Å². The normalized spacial score (nSPS) is 17.3. The summed E-state index contributed by atoms with van der Waals surface area (Å²) in [6, 6.07) is 0. The number of hydrogen-bond donors (Lipinski definition) is 1. The fraction of sp³-hybridized carbons (Fsp3) is 0.923. The van der Waals surface area contributed by atoms with Gasteiger partial charge in [-0.25, -0.2) is 0 Å². The van der Waals surface area contributed by atoms with Crippen molar-refractivity contribution in [3.63, 3.8) is 0 Å². The van der Waals surface area contributed by atoms with E-state index >= 15 is 0 Å². The van der Waals surface area contributed by atoms with Crippen molar-refractivity contribution in [2.24, 2.45) is 17.8 Å². The van der Waals surface area contributed by atoms with Gasteiger partial charge < -0.3 is 9.84 Å². The van der Waals surface area contributed by atoms with E-state index in [0.29, 0.717) is 18.9 Å². The Morgan fingerprint density at radius 2 is 1.81 bits per heavy atom. The second-order valence-electron chi connectivity index (χ2n) is 5.43. The highest BCUT2D eigenvalue weighted by atomic mass is 16.5. The number of aliphatic hydroxyl groups is 1. The molecule has 0 amide bonds. The Morgan fingerprint density at radius 1 is 1.31 bits per heavy atom.